The van der Waals surface area contributed by atoms with Crippen LogP contribution in [0.1, 0.15) is 32.0 Å². The number of rotatable bonds is 2. The quantitative estimate of drug-likeness (QED) is 0.283. The summed E-state index contributed by atoms with van der Waals surface area (Å²) in [5.74, 6) is 0. The predicted octanol–water partition coefficient (Wildman–Crippen LogP) is 5.36. The Kier molecular flexibility index (Phi) is 8.44. The molecule has 0 radical (unpaired) electrons. The van der Waals surface area contributed by atoms with E-state index in [1.807, 2.05) is 24.3 Å². The van der Waals surface area contributed by atoms with E-state index in [-0.39, 0.29) is 32.2 Å². The molecule has 0 spiro atoms. The molecule has 0 saturated carbocycles. The molecule has 0 amide bonds. The fourth-order valence-corrected chi connectivity index (χ4v) is 2.57. The smallest absolute Gasteiger partial charge is 0.573 e. The number of halogens is 3. The van der Waals surface area contributed by atoms with E-state index in [1.165, 1.54) is 11.8 Å². The van der Waals surface area contributed by atoms with Gasteiger partial charge in [-0.1, -0.05) is 38.6 Å². The average Bonchev–Trinajstić information content (AvgIpc) is 3.26. The maximum absolute atomic E-state index is 12.2. The molecule has 5 nitrogen and oxygen atoms in total. The molecule has 3 aromatic heterocycles. The SMILES string of the molecule is CC(C)(C)c1c[c-]c(-c2cccnn2)cc1.FC(F)(F)c1cc(-c2ccccn2)[n-]n1.[Pt+2]. The zero-order valence-corrected chi connectivity index (χ0v) is 19.8. The van der Waals surface area contributed by atoms with Gasteiger partial charge in [0.2, 0.25) is 0 Å². The summed E-state index contributed by atoms with van der Waals surface area (Å²) in [7, 11) is 0. The second-order valence-electron chi connectivity index (χ2n) is 7.68. The summed E-state index contributed by atoms with van der Waals surface area (Å²) in [6.07, 6.45) is -1.30. The van der Waals surface area contributed by atoms with E-state index in [0.717, 1.165) is 17.3 Å². The number of hydrogen-bond acceptors (Lipinski definition) is 4. The second-order valence-corrected chi connectivity index (χ2v) is 7.68. The first-order valence-corrected chi connectivity index (χ1v) is 9.44. The van der Waals surface area contributed by atoms with Gasteiger partial charge in [-0.3, -0.25) is 4.98 Å². The average molecular weight is 619 g/mol. The van der Waals surface area contributed by atoms with Crippen molar-refractivity contribution >= 4 is 0 Å². The maximum atomic E-state index is 12.2. The first-order chi connectivity index (χ1) is 14.6. The van der Waals surface area contributed by atoms with Gasteiger partial charge in [0.05, 0.1) is 0 Å². The predicted molar refractivity (Wildman–Crippen MR) is 111 cm³/mol. The van der Waals surface area contributed by atoms with Gasteiger partial charge in [-0.25, -0.2) is 5.10 Å². The van der Waals surface area contributed by atoms with Crippen LogP contribution < -0.4 is 5.10 Å². The Morgan fingerprint density at radius 3 is 2.16 bits per heavy atom. The molecule has 32 heavy (non-hydrogen) atoms. The Labute approximate surface area is 198 Å². The van der Waals surface area contributed by atoms with Crippen molar-refractivity contribution in [3.63, 3.8) is 0 Å². The molecule has 0 N–H and O–H groups in total. The number of aromatic nitrogens is 5. The Hall–Kier alpha value is -2.86. The topological polar surface area (TPSA) is 65.7 Å². The first-order valence-electron chi connectivity index (χ1n) is 9.44. The van der Waals surface area contributed by atoms with Gasteiger partial charge in [-0.05, 0) is 29.7 Å². The van der Waals surface area contributed by atoms with Gasteiger partial charge in [0.1, 0.15) is 5.69 Å². The number of benzene rings is 1. The van der Waals surface area contributed by atoms with Crippen LogP contribution in [0.3, 0.4) is 0 Å². The zero-order chi connectivity index (χ0) is 22.5. The third-order valence-electron chi connectivity index (χ3n) is 4.28. The number of alkyl halides is 3. The molecule has 4 rings (SSSR count). The summed E-state index contributed by atoms with van der Waals surface area (Å²) in [6, 6.07) is 19.1. The van der Waals surface area contributed by atoms with E-state index >= 15 is 0 Å². The van der Waals surface area contributed by atoms with Crippen LogP contribution in [0.25, 0.3) is 22.6 Å². The van der Waals surface area contributed by atoms with Crippen molar-refractivity contribution in [2.75, 3.05) is 0 Å². The minimum atomic E-state index is -4.46. The van der Waals surface area contributed by atoms with Gasteiger partial charge >= 0.3 is 27.2 Å². The van der Waals surface area contributed by atoms with E-state index in [9.17, 15) is 13.2 Å². The maximum Gasteiger partial charge on any atom is 2.00 e. The molecule has 0 bridgehead atoms. The van der Waals surface area contributed by atoms with E-state index in [2.05, 4.69) is 58.3 Å². The largest absolute Gasteiger partial charge is 2.00 e. The van der Waals surface area contributed by atoms with Crippen molar-refractivity contribution in [1.29, 1.82) is 0 Å². The fourth-order valence-electron chi connectivity index (χ4n) is 2.57. The molecule has 0 aliphatic heterocycles. The van der Waals surface area contributed by atoms with E-state index < -0.39 is 11.9 Å². The van der Waals surface area contributed by atoms with Crippen LogP contribution in [0, 0.1) is 6.07 Å². The monoisotopic (exact) mass is 618 g/mol. The van der Waals surface area contributed by atoms with Crippen molar-refractivity contribution in [3.05, 3.63) is 84.3 Å². The Morgan fingerprint density at radius 2 is 1.66 bits per heavy atom. The zero-order valence-electron chi connectivity index (χ0n) is 17.5. The van der Waals surface area contributed by atoms with Crippen molar-refractivity contribution in [2.24, 2.45) is 0 Å². The molecule has 1 aromatic carbocycles. The molecule has 0 aliphatic rings. The number of nitrogens with zero attached hydrogens (tertiary/aromatic N) is 5. The Bertz CT molecular complexity index is 1090. The summed E-state index contributed by atoms with van der Waals surface area (Å²) in [5, 5.41) is 14.4. The molecule has 3 heterocycles. The summed E-state index contributed by atoms with van der Waals surface area (Å²) < 4.78 is 36.6. The summed E-state index contributed by atoms with van der Waals surface area (Å²) in [6.45, 7) is 6.58. The molecule has 0 aliphatic carbocycles. The van der Waals surface area contributed by atoms with Gasteiger partial charge in [-0.2, -0.15) is 18.3 Å². The molecule has 0 unspecified atom stereocenters. The van der Waals surface area contributed by atoms with Gasteiger partial charge in [0.25, 0.3) is 0 Å². The summed E-state index contributed by atoms with van der Waals surface area (Å²) >= 11 is 0. The van der Waals surface area contributed by atoms with Gasteiger partial charge in [0.15, 0.2) is 0 Å². The van der Waals surface area contributed by atoms with Crippen LogP contribution in [0.2, 0.25) is 0 Å². The van der Waals surface area contributed by atoms with Crippen LogP contribution in [0.4, 0.5) is 13.2 Å². The fraction of sp³-hybridized carbons (Fsp3) is 0.217. The van der Waals surface area contributed by atoms with Crippen molar-refractivity contribution in [2.45, 2.75) is 32.4 Å². The van der Waals surface area contributed by atoms with E-state index in [4.69, 9.17) is 0 Å². The Balaban J connectivity index is 0.000000220. The van der Waals surface area contributed by atoms with Gasteiger partial charge in [-0.15, -0.1) is 35.4 Å². The van der Waals surface area contributed by atoms with Crippen molar-refractivity contribution in [3.8, 4) is 22.6 Å². The third-order valence-corrected chi connectivity index (χ3v) is 4.28. The third kappa shape index (κ3) is 6.82. The van der Waals surface area contributed by atoms with Crippen LogP contribution in [0.15, 0.2) is 67.0 Å². The number of pyridine rings is 1. The molecular weight excluding hydrogens is 598 g/mol. The van der Waals surface area contributed by atoms with Crippen molar-refractivity contribution in [1.82, 2.24) is 25.4 Å². The minimum absolute atomic E-state index is 0. The standard InChI is InChI=1S/C14H15N2.C9H5F3N3.Pt/c1-14(2,3)12-8-6-11(7-9-12)13-5-4-10-15-16-13;10-9(11,12)8-5-7(14-15-8)6-3-1-2-4-13-6;/h4-6,8-10H,1-3H3;1-5H;/q2*-1;+2. The molecule has 0 atom stereocenters. The van der Waals surface area contributed by atoms with Crippen molar-refractivity contribution < 1.29 is 34.2 Å². The molecular formula is C23H20F3N5Pt. The first kappa shape index (κ1) is 25.4. The van der Waals surface area contributed by atoms with Gasteiger partial charge in [0, 0.05) is 23.8 Å². The van der Waals surface area contributed by atoms with E-state index in [1.54, 1.807) is 24.4 Å². The molecule has 168 valence electrons. The van der Waals surface area contributed by atoms with Crippen LogP contribution in [0.5, 0.6) is 0 Å². The van der Waals surface area contributed by atoms with E-state index in [0.29, 0.717) is 5.69 Å². The molecule has 4 aromatic rings. The van der Waals surface area contributed by atoms with Crippen LogP contribution >= 0.6 is 0 Å². The normalized spacial score (nSPS) is 11.2. The summed E-state index contributed by atoms with van der Waals surface area (Å²) in [4.78, 5) is 3.87. The van der Waals surface area contributed by atoms with Crippen LogP contribution in [-0.2, 0) is 32.7 Å². The second kappa shape index (κ2) is 10.6. The molecule has 0 fully saturated rings. The van der Waals surface area contributed by atoms with Gasteiger partial charge < -0.3 is 10.2 Å². The summed E-state index contributed by atoms with van der Waals surface area (Å²) in [5.41, 5.74) is 2.80. The Morgan fingerprint density at radius 1 is 0.906 bits per heavy atom. The number of hydrogen-bond donors (Lipinski definition) is 0. The molecule has 0 saturated heterocycles. The van der Waals surface area contributed by atoms with Crippen LogP contribution in [-0.4, -0.2) is 20.3 Å². The minimum Gasteiger partial charge on any atom is -0.573 e. The molecule has 9 heteroatoms.